The van der Waals surface area contributed by atoms with Crippen LogP contribution >= 0.6 is 11.6 Å². The van der Waals surface area contributed by atoms with E-state index >= 15 is 0 Å². The number of benzene rings is 1. The second kappa shape index (κ2) is 7.96. The summed E-state index contributed by atoms with van der Waals surface area (Å²) in [6.45, 7) is 1.16. The van der Waals surface area contributed by atoms with Gasteiger partial charge in [0.15, 0.2) is 6.61 Å². The molecule has 6 nitrogen and oxygen atoms in total. The molecule has 0 atom stereocenters. The molecule has 2 N–H and O–H groups in total. The van der Waals surface area contributed by atoms with Gasteiger partial charge in [0.05, 0.1) is 0 Å². The van der Waals surface area contributed by atoms with E-state index in [0.717, 1.165) is 0 Å². The number of ether oxygens (including phenoxy) is 1. The maximum atomic E-state index is 11.6. The maximum Gasteiger partial charge on any atom is 0.330 e. The number of esters is 1. The summed E-state index contributed by atoms with van der Waals surface area (Å²) in [5.41, 5.74) is 4.64. The highest BCUT2D eigenvalue weighted by Crippen LogP contribution is 2.08. The van der Waals surface area contributed by atoms with Gasteiger partial charge < -0.3 is 4.74 Å². The van der Waals surface area contributed by atoms with E-state index in [9.17, 15) is 14.4 Å². The number of hydrazine groups is 1. The summed E-state index contributed by atoms with van der Waals surface area (Å²) in [6.07, 6.45) is 2.67. The van der Waals surface area contributed by atoms with Crippen molar-refractivity contribution in [1.82, 2.24) is 10.9 Å². The predicted molar refractivity (Wildman–Crippen MR) is 72.8 cm³/mol. The van der Waals surface area contributed by atoms with Crippen molar-refractivity contribution in [3.05, 3.63) is 47.0 Å². The molecule has 1 rings (SSSR count). The van der Waals surface area contributed by atoms with Gasteiger partial charge in [-0.2, -0.15) is 0 Å². The number of allylic oxidation sites excluding steroid dienone is 1. The number of carbonyl (C=O) groups excluding carboxylic acids is 3. The van der Waals surface area contributed by atoms with Crippen LogP contribution in [0.15, 0.2) is 36.4 Å². The lowest BCUT2D eigenvalue weighted by Gasteiger charge is -2.07. The molecule has 0 fully saturated rings. The Labute approximate surface area is 120 Å². The first-order valence-corrected chi connectivity index (χ1v) is 6.05. The van der Waals surface area contributed by atoms with Gasteiger partial charge in [0, 0.05) is 16.7 Å². The van der Waals surface area contributed by atoms with Crippen LogP contribution in [0.3, 0.4) is 0 Å². The molecule has 0 bridgehead atoms. The molecule has 0 aliphatic rings. The van der Waals surface area contributed by atoms with E-state index in [2.05, 4.69) is 15.6 Å². The van der Waals surface area contributed by atoms with Crippen molar-refractivity contribution in [3.63, 3.8) is 0 Å². The number of amides is 2. The Morgan fingerprint density at radius 1 is 1.20 bits per heavy atom. The van der Waals surface area contributed by atoms with E-state index in [0.29, 0.717) is 10.6 Å². The van der Waals surface area contributed by atoms with Crippen molar-refractivity contribution in [3.8, 4) is 0 Å². The predicted octanol–water partition coefficient (Wildman–Crippen LogP) is 1.22. The fourth-order valence-electron chi connectivity index (χ4n) is 1.16. The molecule has 0 spiro atoms. The molecule has 0 aliphatic heterocycles. The summed E-state index contributed by atoms with van der Waals surface area (Å²) in [5.74, 6) is -1.79. The number of carbonyl (C=O) groups is 3. The molecule has 0 aromatic heterocycles. The summed E-state index contributed by atoms with van der Waals surface area (Å²) < 4.78 is 4.59. The summed E-state index contributed by atoms with van der Waals surface area (Å²) in [6, 6.07) is 6.13. The fraction of sp³-hybridized carbons (Fsp3) is 0.154. The smallest absolute Gasteiger partial charge is 0.330 e. The standard InChI is InChI=1S/C13H13ClN2O4/c1-2-3-12(18)20-8-11(17)15-16-13(19)9-4-6-10(14)7-5-9/h2-7H,8H2,1H3,(H,15,17)(H,16,19). The van der Waals surface area contributed by atoms with Gasteiger partial charge in [0.2, 0.25) is 0 Å². The molecule has 0 unspecified atom stereocenters. The zero-order valence-electron chi connectivity index (χ0n) is 10.7. The van der Waals surface area contributed by atoms with Crippen LogP contribution in [-0.4, -0.2) is 24.4 Å². The number of hydrogen-bond acceptors (Lipinski definition) is 4. The first-order valence-electron chi connectivity index (χ1n) is 5.67. The number of hydrogen-bond donors (Lipinski definition) is 2. The van der Waals surface area contributed by atoms with Gasteiger partial charge in [-0.05, 0) is 31.2 Å². The Balaban J connectivity index is 2.35. The van der Waals surface area contributed by atoms with Gasteiger partial charge in [-0.25, -0.2) is 4.79 Å². The van der Waals surface area contributed by atoms with Crippen LogP contribution < -0.4 is 10.9 Å². The van der Waals surface area contributed by atoms with Crippen LogP contribution in [0, 0.1) is 0 Å². The average Bonchev–Trinajstić information content (AvgIpc) is 2.43. The van der Waals surface area contributed by atoms with E-state index in [-0.39, 0.29) is 0 Å². The second-order valence-electron chi connectivity index (χ2n) is 3.62. The molecule has 20 heavy (non-hydrogen) atoms. The van der Waals surface area contributed by atoms with E-state index < -0.39 is 24.4 Å². The van der Waals surface area contributed by atoms with Crippen molar-refractivity contribution in [2.75, 3.05) is 6.61 Å². The van der Waals surface area contributed by atoms with Crippen LogP contribution in [0.4, 0.5) is 0 Å². The lowest BCUT2D eigenvalue weighted by atomic mass is 10.2. The first kappa shape index (κ1) is 15.7. The zero-order valence-corrected chi connectivity index (χ0v) is 11.4. The minimum atomic E-state index is -0.648. The first-order chi connectivity index (χ1) is 9.52. The Kier molecular flexibility index (Phi) is 6.25. The maximum absolute atomic E-state index is 11.6. The van der Waals surface area contributed by atoms with Gasteiger partial charge in [0.25, 0.3) is 11.8 Å². The van der Waals surface area contributed by atoms with E-state index in [1.807, 2.05) is 0 Å². The molecule has 0 radical (unpaired) electrons. The monoisotopic (exact) mass is 296 g/mol. The molecule has 0 saturated carbocycles. The SMILES string of the molecule is CC=CC(=O)OCC(=O)NNC(=O)c1ccc(Cl)cc1. The Bertz CT molecular complexity index is 526. The molecule has 106 valence electrons. The van der Waals surface area contributed by atoms with Gasteiger partial charge in [0.1, 0.15) is 0 Å². The van der Waals surface area contributed by atoms with Crippen LogP contribution in [0.2, 0.25) is 5.02 Å². The second-order valence-corrected chi connectivity index (χ2v) is 4.05. The molecular formula is C13H13ClN2O4. The normalized spacial score (nSPS) is 10.1. The zero-order chi connectivity index (χ0) is 15.0. The van der Waals surface area contributed by atoms with E-state index in [1.165, 1.54) is 24.3 Å². The molecule has 0 heterocycles. The molecule has 1 aromatic carbocycles. The summed E-state index contributed by atoms with van der Waals surface area (Å²) >= 11 is 5.69. The quantitative estimate of drug-likeness (QED) is 0.497. The lowest BCUT2D eigenvalue weighted by Crippen LogP contribution is -2.43. The van der Waals surface area contributed by atoms with Gasteiger partial charge >= 0.3 is 5.97 Å². The molecule has 2 amide bonds. The molecule has 1 aromatic rings. The lowest BCUT2D eigenvalue weighted by molar-refractivity contribution is -0.144. The summed E-state index contributed by atoms with van der Waals surface area (Å²) in [7, 11) is 0. The third-order valence-electron chi connectivity index (χ3n) is 2.07. The average molecular weight is 297 g/mol. The van der Waals surface area contributed by atoms with Crippen LogP contribution in [0.25, 0.3) is 0 Å². The minimum absolute atomic E-state index is 0.334. The minimum Gasteiger partial charge on any atom is -0.452 e. The highest BCUT2D eigenvalue weighted by atomic mass is 35.5. The number of nitrogens with one attached hydrogen (secondary N) is 2. The Morgan fingerprint density at radius 2 is 1.85 bits per heavy atom. The fourth-order valence-corrected chi connectivity index (χ4v) is 1.28. The number of rotatable bonds is 4. The Hall–Kier alpha value is -2.34. The molecule has 0 aliphatic carbocycles. The van der Waals surface area contributed by atoms with Crippen molar-refractivity contribution in [2.24, 2.45) is 0 Å². The highest BCUT2D eigenvalue weighted by Gasteiger charge is 2.08. The third kappa shape index (κ3) is 5.53. The number of halogens is 1. The van der Waals surface area contributed by atoms with Crippen LogP contribution in [0.5, 0.6) is 0 Å². The van der Waals surface area contributed by atoms with Crippen molar-refractivity contribution >= 4 is 29.4 Å². The van der Waals surface area contributed by atoms with E-state index in [1.54, 1.807) is 19.1 Å². The van der Waals surface area contributed by atoms with Gasteiger partial charge in [-0.3, -0.25) is 20.4 Å². The van der Waals surface area contributed by atoms with Gasteiger partial charge in [-0.15, -0.1) is 0 Å². The van der Waals surface area contributed by atoms with Crippen molar-refractivity contribution < 1.29 is 19.1 Å². The largest absolute Gasteiger partial charge is 0.452 e. The topological polar surface area (TPSA) is 84.5 Å². The Morgan fingerprint density at radius 3 is 2.45 bits per heavy atom. The summed E-state index contributed by atoms with van der Waals surface area (Å²) in [4.78, 5) is 33.9. The van der Waals surface area contributed by atoms with E-state index in [4.69, 9.17) is 11.6 Å². The van der Waals surface area contributed by atoms with Crippen molar-refractivity contribution in [2.45, 2.75) is 6.92 Å². The molecular weight excluding hydrogens is 284 g/mol. The van der Waals surface area contributed by atoms with Crippen LogP contribution in [0.1, 0.15) is 17.3 Å². The molecule has 7 heteroatoms. The third-order valence-corrected chi connectivity index (χ3v) is 2.32. The van der Waals surface area contributed by atoms with Gasteiger partial charge in [-0.1, -0.05) is 17.7 Å². The summed E-state index contributed by atoms with van der Waals surface area (Å²) in [5, 5.41) is 0.501. The van der Waals surface area contributed by atoms with Crippen LogP contribution in [-0.2, 0) is 14.3 Å². The highest BCUT2D eigenvalue weighted by molar-refractivity contribution is 6.30. The van der Waals surface area contributed by atoms with Crippen molar-refractivity contribution in [1.29, 1.82) is 0 Å². The molecule has 0 saturated heterocycles.